The van der Waals surface area contributed by atoms with Gasteiger partial charge in [0.1, 0.15) is 24.1 Å². The van der Waals surface area contributed by atoms with Gasteiger partial charge in [0, 0.05) is 26.0 Å². The molecule has 0 radical (unpaired) electrons. The number of aliphatic hydroxyl groups excluding tert-OH is 2. The highest BCUT2D eigenvalue weighted by molar-refractivity contribution is 5.08. The lowest BCUT2D eigenvalue weighted by Gasteiger charge is -2.33. The summed E-state index contributed by atoms with van der Waals surface area (Å²) >= 11 is 0. The van der Waals surface area contributed by atoms with Crippen LogP contribution >= 0.6 is 0 Å². The Labute approximate surface area is 152 Å². The highest BCUT2D eigenvalue weighted by Gasteiger charge is 2.39. The van der Waals surface area contributed by atoms with E-state index in [-0.39, 0.29) is 17.9 Å². The highest BCUT2D eigenvalue weighted by Crippen LogP contribution is 2.21. The molecular weight excluding hydrogens is 322 g/mol. The molecule has 0 fully saturated rings. The molecule has 0 aromatic rings. The summed E-state index contributed by atoms with van der Waals surface area (Å²) in [4.78, 5) is 0. The Bertz CT molecular complexity index is 364. The predicted molar refractivity (Wildman–Crippen MR) is 98.7 cm³/mol. The SMILES string of the molecule is CCCCOC[C@H]1NC=C(O)[C@H](O)[C@@H](OCCCC)[C@@H]1OCCCC. The molecule has 0 aromatic heterocycles. The normalized spacial score (nSPS) is 26.8. The fraction of sp³-hybridized carbons (Fsp3) is 0.895. The van der Waals surface area contributed by atoms with Gasteiger partial charge in [0.05, 0.1) is 12.6 Å². The van der Waals surface area contributed by atoms with Crippen molar-refractivity contribution in [2.45, 2.75) is 83.6 Å². The average Bonchev–Trinajstić information content (AvgIpc) is 2.72. The maximum atomic E-state index is 10.5. The fourth-order valence-corrected chi connectivity index (χ4v) is 2.67. The largest absolute Gasteiger partial charge is 0.508 e. The molecule has 25 heavy (non-hydrogen) atoms. The summed E-state index contributed by atoms with van der Waals surface area (Å²) in [5, 5.41) is 23.7. The molecule has 0 amide bonds. The molecule has 1 rings (SSSR count). The van der Waals surface area contributed by atoms with Crippen molar-refractivity contribution in [2.75, 3.05) is 26.4 Å². The van der Waals surface area contributed by atoms with Gasteiger partial charge in [0.25, 0.3) is 0 Å². The van der Waals surface area contributed by atoms with Gasteiger partial charge >= 0.3 is 0 Å². The third kappa shape index (κ3) is 7.94. The Balaban J connectivity index is 2.80. The van der Waals surface area contributed by atoms with Crippen molar-refractivity contribution in [2.24, 2.45) is 0 Å². The number of nitrogens with one attached hydrogen (secondary N) is 1. The van der Waals surface area contributed by atoms with Crippen molar-refractivity contribution in [3.63, 3.8) is 0 Å². The molecule has 6 heteroatoms. The first-order valence-electron chi connectivity index (χ1n) is 9.79. The zero-order valence-corrected chi connectivity index (χ0v) is 16.1. The summed E-state index contributed by atoms with van der Waals surface area (Å²) in [6.07, 6.45) is 5.31. The molecular formula is C19H37NO5. The van der Waals surface area contributed by atoms with E-state index < -0.39 is 12.2 Å². The van der Waals surface area contributed by atoms with Gasteiger partial charge < -0.3 is 29.7 Å². The molecule has 0 aliphatic carbocycles. The second-order valence-electron chi connectivity index (χ2n) is 6.59. The molecule has 1 heterocycles. The van der Waals surface area contributed by atoms with Crippen LogP contribution in [0.5, 0.6) is 0 Å². The summed E-state index contributed by atoms with van der Waals surface area (Å²) in [6, 6.07) is -0.181. The zero-order valence-electron chi connectivity index (χ0n) is 16.1. The molecule has 148 valence electrons. The van der Waals surface area contributed by atoms with Gasteiger partial charge in [-0.2, -0.15) is 0 Å². The molecule has 4 atom stereocenters. The second-order valence-corrected chi connectivity index (χ2v) is 6.59. The van der Waals surface area contributed by atoms with Crippen LogP contribution in [0.15, 0.2) is 12.0 Å². The summed E-state index contributed by atoms with van der Waals surface area (Å²) in [5.41, 5.74) is 0. The van der Waals surface area contributed by atoms with Crippen molar-refractivity contribution < 1.29 is 24.4 Å². The average molecular weight is 360 g/mol. The van der Waals surface area contributed by atoms with Crippen LogP contribution in [0.2, 0.25) is 0 Å². The van der Waals surface area contributed by atoms with Crippen LogP contribution in [-0.2, 0) is 14.2 Å². The third-order valence-corrected chi connectivity index (χ3v) is 4.34. The Kier molecular flexibility index (Phi) is 11.9. The lowest BCUT2D eigenvalue weighted by molar-refractivity contribution is -0.132. The standard InChI is InChI=1S/C19H37NO5/c1-4-7-10-23-14-15-18(24-11-8-5-2)19(25-12-9-6-3)17(22)16(21)13-20-15/h13,15,17-22H,4-12,14H2,1-3H3/t15-,17+,18-,19-/m1/s1. The molecule has 6 nitrogen and oxygen atoms in total. The van der Waals surface area contributed by atoms with E-state index in [1.54, 1.807) is 0 Å². The monoisotopic (exact) mass is 359 g/mol. The van der Waals surface area contributed by atoms with E-state index in [4.69, 9.17) is 14.2 Å². The lowest BCUT2D eigenvalue weighted by Crippen LogP contribution is -2.52. The maximum absolute atomic E-state index is 10.5. The molecule has 0 saturated heterocycles. The van der Waals surface area contributed by atoms with E-state index in [9.17, 15) is 10.2 Å². The van der Waals surface area contributed by atoms with Gasteiger partial charge in [-0.1, -0.05) is 40.0 Å². The number of hydrogen-bond donors (Lipinski definition) is 3. The second kappa shape index (κ2) is 13.4. The van der Waals surface area contributed by atoms with Gasteiger partial charge in [-0.25, -0.2) is 0 Å². The minimum atomic E-state index is -1.10. The van der Waals surface area contributed by atoms with E-state index in [0.29, 0.717) is 26.4 Å². The Morgan fingerprint density at radius 3 is 2.08 bits per heavy atom. The first kappa shape index (κ1) is 22.2. The predicted octanol–water partition coefficient (Wildman–Crippen LogP) is 2.91. The lowest BCUT2D eigenvalue weighted by atomic mass is 10.0. The van der Waals surface area contributed by atoms with Gasteiger partial charge in [-0.15, -0.1) is 0 Å². The van der Waals surface area contributed by atoms with Crippen molar-refractivity contribution >= 4 is 0 Å². The summed E-state index contributed by atoms with van der Waals surface area (Å²) in [5.74, 6) is -0.123. The van der Waals surface area contributed by atoms with E-state index in [0.717, 1.165) is 38.5 Å². The van der Waals surface area contributed by atoms with E-state index in [1.165, 1.54) is 6.20 Å². The number of aliphatic hydroxyl groups is 2. The van der Waals surface area contributed by atoms with Gasteiger partial charge in [0.15, 0.2) is 0 Å². The Hall–Kier alpha value is -0.820. The maximum Gasteiger partial charge on any atom is 0.141 e. The smallest absolute Gasteiger partial charge is 0.141 e. The van der Waals surface area contributed by atoms with Crippen LogP contribution in [0.25, 0.3) is 0 Å². The van der Waals surface area contributed by atoms with Crippen molar-refractivity contribution in [1.82, 2.24) is 5.32 Å². The molecule has 0 unspecified atom stereocenters. The van der Waals surface area contributed by atoms with Crippen LogP contribution in [0, 0.1) is 0 Å². The fourth-order valence-electron chi connectivity index (χ4n) is 2.67. The number of unbranched alkanes of at least 4 members (excludes halogenated alkanes) is 3. The van der Waals surface area contributed by atoms with Crippen molar-refractivity contribution in [1.29, 1.82) is 0 Å². The highest BCUT2D eigenvalue weighted by atomic mass is 16.6. The van der Waals surface area contributed by atoms with Crippen molar-refractivity contribution in [3.8, 4) is 0 Å². The first-order valence-corrected chi connectivity index (χ1v) is 9.79. The van der Waals surface area contributed by atoms with E-state index in [1.807, 2.05) is 0 Å². The zero-order chi connectivity index (χ0) is 18.5. The molecule has 1 aliphatic rings. The number of hydrogen-bond acceptors (Lipinski definition) is 6. The molecule has 3 N–H and O–H groups in total. The molecule has 0 spiro atoms. The molecule has 0 saturated carbocycles. The van der Waals surface area contributed by atoms with Gasteiger partial charge in [-0.05, 0) is 19.3 Å². The van der Waals surface area contributed by atoms with E-state index >= 15 is 0 Å². The van der Waals surface area contributed by atoms with Crippen LogP contribution in [-0.4, -0.2) is 61.0 Å². The first-order chi connectivity index (χ1) is 12.2. The summed E-state index contributed by atoms with van der Waals surface area (Å²) < 4.78 is 17.7. The van der Waals surface area contributed by atoms with Crippen LogP contribution < -0.4 is 5.32 Å². The quantitative estimate of drug-likeness (QED) is 0.439. The van der Waals surface area contributed by atoms with Gasteiger partial charge in [0.2, 0.25) is 0 Å². The minimum Gasteiger partial charge on any atom is -0.508 e. The molecule has 0 aromatic carbocycles. The Morgan fingerprint density at radius 2 is 1.48 bits per heavy atom. The number of rotatable bonds is 13. The van der Waals surface area contributed by atoms with Crippen LogP contribution in [0.4, 0.5) is 0 Å². The van der Waals surface area contributed by atoms with Crippen LogP contribution in [0.1, 0.15) is 59.3 Å². The van der Waals surface area contributed by atoms with Crippen molar-refractivity contribution in [3.05, 3.63) is 12.0 Å². The van der Waals surface area contributed by atoms with E-state index in [2.05, 4.69) is 26.1 Å². The van der Waals surface area contributed by atoms with Crippen LogP contribution in [0.3, 0.4) is 0 Å². The minimum absolute atomic E-state index is 0.123. The number of ether oxygens (including phenoxy) is 3. The summed E-state index contributed by atoms with van der Waals surface area (Å²) in [7, 11) is 0. The Morgan fingerprint density at radius 1 is 0.920 bits per heavy atom. The summed E-state index contributed by atoms with van der Waals surface area (Å²) in [6.45, 7) is 8.58. The van der Waals surface area contributed by atoms with Gasteiger partial charge in [-0.3, -0.25) is 0 Å². The topological polar surface area (TPSA) is 80.2 Å². The third-order valence-electron chi connectivity index (χ3n) is 4.34. The molecule has 1 aliphatic heterocycles. The molecule has 0 bridgehead atoms.